The molecule has 0 aliphatic heterocycles. The number of anilines is 1. The molecule has 9 heteroatoms. The van der Waals surface area contributed by atoms with Crippen LogP contribution in [0.4, 0.5) is 15.8 Å². The topological polar surface area (TPSA) is 105 Å². The minimum Gasteiger partial charge on any atom is -0.483 e. The highest BCUT2D eigenvalue weighted by Gasteiger charge is 2.12. The Morgan fingerprint density at radius 2 is 1.91 bits per heavy atom. The Hall–Kier alpha value is -4.22. The molecule has 0 heterocycles. The number of nitrogens with one attached hydrogen (secondary N) is 1. The second-order valence-electron chi connectivity index (χ2n) is 6.47. The molecule has 1 amide bonds. The Morgan fingerprint density at radius 1 is 1.19 bits per heavy atom. The number of nitro groups is 1. The van der Waals surface area contributed by atoms with E-state index >= 15 is 0 Å². The summed E-state index contributed by atoms with van der Waals surface area (Å²) in [6, 6.07) is 17.9. The number of benzene rings is 3. The summed E-state index contributed by atoms with van der Waals surface area (Å²) in [5.41, 5.74) is 1.02. The molecule has 32 heavy (non-hydrogen) atoms. The fraction of sp³-hybridized carbons (Fsp3) is 0.0435. The van der Waals surface area contributed by atoms with Gasteiger partial charge in [0.25, 0.3) is 11.6 Å². The van der Waals surface area contributed by atoms with Crippen LogP contribution in [0.2, 0.25) is 5.02 Å². The summed E-state index contributed by atoms with van der Waals surface area (Å²) >= 11 is 6.07. The zero-order valence-electron chi connectivity index (χ0n) is 16.4. The van der Waals surface area contributed by atoms with Gasteiger partial charge in [0.1, 0.15) is 11.6 Å². The van der Waals surface area contributed by atoms with E-state index in [0.29, 0.717) is 16.1 Å². The van der Waals surface area contributed by atoms with Crippen LogP contribution in [0.25, 0.3) is 11.6 Å². The van der Waals surface area contributed by atoms with Crippen molar-refractivity contribution in [2.45, 2.75) is 0 Å². The lowest BCUT2D eigenvalue weighted by atomic mass is 10.0. The van der Waals surface area contributed by atoms with E-state index in [1.165, 1.54) is 54.6 Å². The molecule has 0 aliphatic rings. The number of halogens is 2. The lowest BCUT2D eigenvalue weighted by molar-refractivity contribution is -0.384. The summed E-state index contributed by atoms with van der Waals surface area (Å²) < 4.78 is 19.3. The van der Waals surface area contributed by atoms with Crippen LogP contribution in [0.5, 0.6) is 5.75 Å². The molecule has 0 bridgehead atoms. The molecule has 0 saturated carbocycles. The highest BCUT2D eigenvalue weighted by molar-refractivity contribution is 6.30. The number of ether oxygens (including phenoxy) is 1. The minimum atomic E-state index is -0.573. The van der Waals surface area contributed by atoms with Crippen LogP contribution >= 0.6 is 11.6 Å². The van der Waals surface area contributed by atoms with Gasteiger partial charge in [-0.3, -0.25) is 14.9 Å². The number of rotatable bonds is 7. The maximum absolute atomic E-state index is 13.7. The maximum Gasteiger partial charge on any atom is 0.269 e. The molecule has 7 nitrogen and oxygen atoms in total. The molecule has 0 radical (unpaired) electrons. The van der Waals surface area contributed by atoms with Crippen molar-refractivity contribution in [3.63, 3.8) is 0 Å². The minimum absolute atomic E-state index is 0.0299. The van der Waals surface area contributed by atoms with E-state index in [4.69, 9.17) is 16.3 Å². The molecule has 1 N–H and O–H groups in total. The fourth-order valence-corrected chi connectivity index (χ4v) is 2.93. The Balaban J connectivity index is 1.80. The average molecular weight is 452 g/mol. The highest BCUT2D eigenvalue weighted by Crippen LogP contribution is 2.28. The van der Waals surface area contributed by atoms with Crippen molar-refractivity contribution in [2.75, 3.05) is 11.9 Å². The first-order valence-electron chi connectivity index (χ1n) is 9.20. The number of nitriles is 1. The van der Waals surface area contributed by atoms with Crippen LogP contribution in [-0.2, 0) is 4.79 Å². The molecule has 3 rings (SSSR count). The number of para-hydroxylation sites is 1. The number of allylic oxidation sites excluding steroid dienone is 1. The molecule has 160 valence electrons. The van der Waals surface area contributed by atoms with Gasteiger partial charge in [-0.2, -0.15) is 5.26 Å². The largest absolute Gasteiger partial charge is 0.483 e. The van der Waals surface area contributed by atoms with Crippen molar-refractivity contribution in [1.82, 2.24) is 0 Å². The summed E-state index contributed by atoms with van der Waals surface area (Å²) in [4.78, 5) is 22.4. The van der Waals surface area contributed by atoms with Gasteiger partial charge in [-0.25, -0.2) is 4.39 Å². The second kappa shape index (κ2) is 10.2. The molecule has 0 aromatic heterocycles. The highest BCUT2D eigenvalue weighted by atomic mass is 35.5. The lowest BCUT2D eigenvalue weighted by Gasteiger charge is -2.11. The molecule has 3 aromatic carbocycles. The Kier molecular flexibility index (Phi) is 7.16. The van der Waals surface area contributed by atoms with Gasteiger partial charge in [0, 0.05) is 22.7 Å². The summed E-state index contributed by atoms with van der Waals surface area (Å²) in [5, 5.41) is 23.2. The number of amides is 1. The van der Waals surface area contributed by atoms with Gasteiger partial charge in [-0.05, 0) is 54.1 Å². The Morgan fingerprint density at radius 3 is 2.56 bits per heavy atom. The quantitative estimate of drug-likeness (QED) is 0.222. The van der Waals surface area contributed by atoms with Gasteiger partial charge in [-0.15, -0.1) is 0 Å². The number of hydrogen-bond donors (Lipinski definition) is 1. The molecule has 0 aliphatic carbocycles. The van der Waals surface area contributed by atoms with E-state index in [2.05, 4.69) is 5.32 Å². The molecule has 0 spiro atoms. The predicted octanol–water partition coefficient (Wildman–Crippen LogP) is 5.47. The molecule has 3 aromatic rings. The monoisotopic (exact) mass is 451 g/mol. The first-order chi connectivity index (χ1) is 15.4. The van der Waals surface area contributed by atoms with Crippen LogP contribution in [0.3, 0.4) is 0 Å². The molecule has 0 unspecified atom stereocenters. The molecule has 0 fully saturated rings. The van der Waals surface area contributed by atoms with Crippen LogP contribution in [0.1, 0.15) is 11.1 Å². The van der Waals surface area contributed by atoms with Crippen LogP contribution in [-0.4, -0.2) is 17.4 Å². The van der Waals surface area contributed by atoms with Crippen molar-refractivity contribution in [3.8, 4) is 11.8 Å². The van der Waals surface area contributed by atoms with Gasteiger partial charge in [0.15, 0.2) is 6.61 Å². The number of hydrogen-bond acceptors (Lipinski definition) is 5. The summed E-state index contributed by atoms with van der Waals surface area (Å²) in [7, 11) is 0. The van der Waals surface area contributed by atoms with Crippen LogP contribution in [0, 0.1) is 27.3 Å². The van der Waals surface area contributed by atoms with Gasteiger partial charge in [-0.1, -0.05) is 23.7 Å². The normalized spacial score (nSPS) is 10.8. The molecule has 0 atom stereocenters. The summed E-state index contributed by atoms with van der Waals surface area (Å²) in [6.45, 7) is -0.407. The third-order valence-corrected chi connectivity index (χ3v) is 4.52. The fourth-order valence-electron chi connectivity index (χ4n) is 2.75. The number of nitrogens with zero attached hydrogens (tertiary/aromatic N) is 2. The van der Waals surface area contributed by atoms with E-state index in [9.17, 15) is 24.6 Å². The van der Waals surface area contributed by atoms with Gasteiger partial charge in [0.05, 0.1) is 22.3 Å². The Labute approximate surface area is 187 Å². The lowest BCUT2D eigenvalue weighted by Crippen LogP contribution is -2.21. The Bertz CT molecular complexity index is 1240. The number of non-ortho nitro benzene ring substituents is 1. The van der Waals surface area contributed by atoms with E-state index in [1.54, 1.807) is 18.2 Å². The maximum atomic E-state index is 13.7. The summed E-state index contributed by atoms with van der Waals surface area (Å²) in [6.07, 6.45) is 1.50. The molecular weight excluding hydrogens is 437 g/mol. The second-order valence-corrected chi connectivity index (χ2v) is 6.91. The third kappa shape index (κ3) is 5.68. The number of nitro benzene ring substituents is 1. The van der Waals surface area contributed by atoms with Crippen LogP contribution in [0.15, 0.2) is 66.7 Å². The van der Waals surface area contributed by atoms with E-state index < -0.39 is 23.3 Å². The van der Waals surface area contributed by atoms with Gasteiger partial charge < -0.3 is 10.1 Å². The van der Waals surface area contributed by atoms with Crippen molar-refractivity contribution in [1.29, 1.82) is 5.26 Å². The van der Waals surface area contributed by atoms with Crippen molar-refractivity contribution in [3.05, 3.63) is 98.8 Å². The van der Waals surface area contributed by atoms with Crippen LogP contribution < -0.4 is 10.1 Å². The van der Waals surface area contributed by atoms with Crippen molar-refractivity contribution < 1.29 is 18.8 Å². The number of carbonyl (C=O) groups is 1. The summed E-state index contributed by atoms with van der Waals surface area (Å²) in [5.74, 6) is -0.874. The molecular formula is C23H15ClFN3O4. The zero-order chi connectivity index (χ0) is 23.1. The van der Waals surface area contributed by atoms with Crippen molar-refractivity contribution >= 4 is 40.5 Å². The number of carbonyl (C=O) groups excluding carboxylic acids is 1. The van der Waals surface area contributed by atoms with E-state index in [1.807, 2.05) is 6.07 Å². The molecule has 0 saturated heterocycles. The zero-order valence-corrected chi connectivity index (χ0v) is 17.2. The average Bonchev–Trinajstić information content (AvgIpc) is 2.78. The first kappa shape index (κ1) is 22.5. The predicted molar refractivity (Wildman–Crippen MR) is 119 cm³/mol. The first-order valence-corrected chi connectivity index (χ1v) is 9.58. The third-order valence-electron chi connectivity index (χ3n) is 4.29. The SMILES string of the molecule is N#CC(=Cc1cc(Cl)ccc1OCC(=O)Nc1ccccc1F)c1ccc([N+](=O)[O-])cc1. The van der Waals surface area contributed by atoms with Crippen molar-refractivity contribution in [2.24, 2.45) is 0 Å². The standard InChI is InChI=1S/C23H15ClFN3O4/c24-18-7-10-22(32-14-23(29)27-21-4-2-1-3-20(21)25)16(12-18)11-17(13-26)15-5-8-19(9-6-15)28(30)31/h1-12H,14H2,(H,27,29). The van der Waals surface area contributed by atoms with E-state index in [-0.39, 0.29) is 22.7 Å². The smallest absolute Gasteiger partial charge is 0.269 e. The van der Waals surface area contributed by atoms with E-state index in [0.717, 1.165) is 0 Å². The van der Waals surface area contributed by atoms with Gasteiger partial charge >= 0.3 is 0 Å². The van der Waals surface area contributed by atoms with Gasteiger partial charge in [0.2, 0.25) is 0 Å².